The van der Waals surface area contributed by atoms with Crippen molar-refractivity contribution in [3.63, 3.8) is 0 Å². The maximum atomic E-state index is 11.9. The standard InChI is InChI=1S/C12H19N3O4S/c1-14(2)20(17,18)11-3-4-12(13-7-11)15-5-6-19-10(8-15)9-16/h3-4,7,10,16H,5-6,8-9H2,1-2H3. The van der Waals surface area contributed by atoms with Gasteiger partial charge in [0.25, 0.3) is 0 Å². The van der Waals surface area contributed by atoms with Crippen molar-refractivity contribution >= 4 is 15.8 Å². The molecule has 1 aliphatic heterocycles. The molecule has 0 bridgehead atoms. The first kappa shape index (κ1) is 15.2. The Morgan fingerprint density at radius 1 is 1.50 bits per heavy atom. The maximum Gasteiger partial charge on any atom is 0.244 e. The molecule has 1 saturated heterocycles. The highest BCUT2D eigenvalue weighted by Gasteiger charge is 2.22. The van der Waals surface area contributed by atoms with Crippen molar-refractivity contribution in [3.8, 4) is 0 Å². The summed E-state index contributed by atoms with van der Waals surface area (Å²) < 4.78 is 30.4. The number of anilines is 1. The Morgan fingerprint density at radius 3 is 2.80 bits per heavy atom. The van der Waals surface area contributed by atoms with Crippen LogP contribution in [0, 0.1) is 0 Å². The van der Waals surface area contributed by atoms with Crippen molar-refractivity contribution in [1.82, 2.24) is 9.29 Å². The molecule has 0 saturated carbocycles. The maximum absolute atomic E-state index is 11.9. The second-order valence-electron chi connectivity index (χ2n) is 4.76. The van der Waals surface area contributed by atoms with Gasteiger partial charge in [0.05, 0.1) is 19.3 Å². The lowest BCUT2D eigenvalue weighted by Crippen LogP contribution is -2.44. The van der Waals surface area contributed by atoms with E-state index in [1.807, 2.05) is 4.90 Å². The number of ether oxygens (including phenoxy) is 1. The molecule has 1 fully saturated rings. The van der Waals surface area contributed by atoms with E-state index >= 15 is 0 Å². The quantitative estimate of drug-likeness (QED) is 0.809. The average Bonchev–Trinajstić information content (AvgIpc) is 2.47. The Kier molecular flexibility index (Phi) is 4.59. The van der Waals surface area contributed by atoms with Crippen LogP contribution in [0.5, 0.6) is 0 Å². The third-order valence-electron chi connectivity index (χ3n) is 3.17. The summed E-state index contributed by atoms with van der Waals surface area (Å²) in [7, 11) is -0.486. The van der Waals surface area contributed by atoms with Crippen molar-refractivity contribution in [3.05, 3.63) is 18.3 Å². The first-order chi connectivity index (χ1) is 9.45. The number of hydrogen-bond donors (Lipinski definition) is 1. The van der Waals surface area contributed by atoms with E-state index in [4.69, 9.17) is 9.84 Å². The molecule has 0 radical (unpaired) electrons. The zero-order valence-corrected chi connectivity index (χ0v) is 12.4. The third kappa shape index (κ3) is 3.09. The van der Waals surface area contributed by atoms with Crippen LogP contribution in [0.3, 0.4) is 0 Å². The molecular weight excluding hydrogens is 282 g/mol. The fourth-order valence-corrected chi connectivity index (χ4v) is 2.81. The molecule has 20 heavy (non-hydrogen) atoms. The van der Waals surface area contributed by atoms with Crippen LogP contribution in [0.25, 0.3) is 0 Å². The van der Waals surface area contributed by atoms with Crippen molar-refractivity contribution in [1.29, 1.82) is 0 Å². The van der Waals surface area contributed by atoms with E-state index in [0.29, 0.717) is 25.5 Å². The molecule has 0 aromatic carbocycles. The minimum Gasteiger partial charge on any atom is -0.394 e. The molecule has 1 aliphatic rings. The van der Waals surface area contributed by atoms with Crippen LogP contribution in [0.2, 0.25) is 0 Å². The van der Waals surface area contributed by atoms with Gasteiger partial charge in [0.2, 0.25) is 10.0 Å². The number of aromatic nitrogens is 1. The SMILES string of the molecule is CN(C)S(=O)(=O)c1ccc(N2CCOC(CO)C2)nc1. The molecule has 2 rings (SSSR count). The van der Waals surface area contributed by atoms with Gasteiger partial charge in [0, 0.05) is 33.4 Å². The molecule has 1 N–H and O–H groups in total. The van der Waals surface area contributed by atoms with E-state index in [0.717, 1.165) is 4.31 Å². The fraction of sp³-hybridized carbons (Fsp3) is 0.583. The minimum absolute atomic E-state index is 0.0381. The van der Waals surface area contributed by atoms with Gasteiger partial charge in [-0.1, -0.05) is 0 Å². The van der Waals surface area contributed by atoms with E-state index in [1.54, 1.807) is 12.1 Å². The van der Waals surface area contributed by atoms with Gasteiger partial charge >= 0.3 is 0 Å². The molecule has 0 spiro atoms. The lowest BCUT2D eigenvalue weighted by molar-refractivity contribution is 0.00336. The Morgan fingerprint density at radius 2 is 2.25 bits per heavy atom. The average molecular weight is 301 g/mol. The largest absolute Gasteiger partial charge is 0.394 e. The van der Waals surface area contributed by atoms with Gasteiger partial charge in [-0.3, -0.25) is 0 Å². The molecular formula is C12H19N3O4S. The normalized spacial score (nSPS) is 20.4. The lowest BCUT2D eigenvalue weighted by Gasteiger charge is -2.32. The Labute approximate surface area is 118 Å². The first-order valence-corrected chi connectivity index (χ1v) is 7.75. The fourth-order valence-electron chi connectivity index (χ4n) is 1.96. The molecule has 0 aliphatic carbocycles. The van der Waals surface area contributed by atoms with Crippen molar-refractivity contribution in [2.45, 2.75) is 11.0 Å². The smallest absolute Gasteiger partial charge is 0.244 e. The minimum atomic E-state index is -3.45. The predicted octanol–water partition coefficient (Wildman–Crippen LogP) is -0.471. The van der Waals surface area contributed by atoms with Gasteiger partial charge in [-0.2, -0.15) is 0 Å². The van der Waals surface area contributed by atoms with Gasteiger partial charge in [-0.05, 0) is 12.1 Å². The number of rotatable bonds is 4. The number of aliphatic hydroxyl groups excluding tert-OH is 1. The van der Waals surface area contributed by atoms with Crippen LogP contribution in [0.4, 0.5) is 5.82 Å². The van der Waals surface area contributed by atoms with Crippen molar-refractivity contribution in [2.24, 2.45) is 0 Å². The molecule has 2 heterocycles. The van der Waals surface area contributed by atoms with Gasteiger partial charge in [0.1, 0.15) is 10.7 Å². The number of hydrogen-bond acceptors (Lipinski definition) is 6. The van der Waals surface area contributed by atoms with E-state index < -0.39 is 10.0 Å². The van der Waals surface area contributed by atoms with Crippen molar-refractivity contribution in [2.75, 3.05) is 45.3 Å². The summed E-state index contributed by atoms with van der Waals surface area (Å²) in [6.07, 6.45) is 1.13. The van der Waals surface area contributed by atoms with Crippen molar-refractivity contribution < 1.29 is 18.3 Å². The molecule has 1 unspecified atom stereocenters. The van der Waals surface area contributed by atoms with Gasteiger partial charge < -0.3 is 14.7 Å². The van der Waals surface area contributed by atoms with E-state index in [9.17, 15) is 8.42 Å². The summed E-state index contributed by atoms with van der Waals surface area (Å²) in [4.78, 5) is 6.34. The van der Waals surface area contributed by atoms with Crippen LogP contribution in [-0.2, 0) is 14.8 Å². The van der Waals surface area contributed by atoms with E-state index in [2.05, 4.69) is 4.98 Å². The van der Waals surface area contributed by atoms with Crippen LogP contribution >= 0.6 is 0 Å². The Hall–Kier alpha value is -1.22. The number of sulfonamides is 1. The highest BCUT2D eigenvalue weighted by atomic mass is 32.2. The zero-order chi connectivity index (χ0) is 14.8. The number of pyridine rings is 1. The van der Waals surface area contributed by atoms with Gasteiger partial charge in [-0.15, -0.1) is 0 Å². The monoisotopic (exact) mass is 301 g/mol. The topological polar surface area (TPSA) is 83.0 Å². The molecule has 1 atom stereocenters. The van der Waals surface area contributed by atoms with Crippen LogP contribution < -0.4 is 4.90 Å². The zero-order valence-electron chi connectivity index (χ0n) is 11.6. The number of nitrogens with zero attached hydrogens (tertiary/aromatic N) is 3. The highest BCUT2D eigenvalue weighted by molar-refractivity contribution is 7.89. The summed E-state index contributed by atoms with van der Waals surface area (Å²) >= 11 is 0. The van der Waals surface area contributed by atoms with Crippen LogP contribution in [0.1, 0.15) is 0 Å². The first-order valence-electron chi connectivity index (χ1n) is 6.31. The van der Waals surface area contributed by atoms with E-state index in [-0.39, 0.29) is 17.6 Å². The summed E-state index contributed by atoms with van der Waals surface area (Å²) in [6, 6.07) is 3.22. The highest BCUT2D eigenvalue weighted by Crippen LogP contribution is 2.18. The molecule has 1 aromatic rings. The molecule has 0 amide bonds. The Balaban J connectivity index is 2.16. The number of aliphatic hydroxyl groups is 1. The molecule has 112 valence electrons. The van der Waals surface area contributed by atoms with E-state index in [1.165, 1.54) is 20.3 Å². The molecule has 7 nitrogen and oxygen atoms in total. The molecule has 1 aromatic heterocycles. The third-order valence-corrected chi connectivity index (χ3v) is 4.96. The summed E-state index contributed by atoms with van der Waals surface area (Å²) in [6.45, 7) is 1.70. The van der Waals surface area contributed by atoms with Gasteiger partial charge in [-0.25, -0.2) is 17.7 Å². The lowest BCUT2D eigenvalue weighted by atomic mass is 10.3. The molecule has 8 heteroatoms. The second-order valence-corrected chi connectivity index (χ2v) is 6.91. The summed E-state index contributed by atoms with van der Waals surface area (Å²) in [5.41, 5.74) is 0. The van der Waals surface area contributed by atoms with Gasteiger partial charge in [0.15, 0.2) is 0 Å². The summed E-state index contributed by atoms with van der Waals surface area (Å²) in [5, 5.41) is 9.11. The number of morpholine rings is 1. The predicted molar refractivity (Wildman–Crippen MR) is 74.1 cm³/mol. The Bertz CT molecular complexity index is 544. The van der Waals surface area contributed by atoms with Crippen LogP contribution in [0.15, 0.2) is 23.2 Å². The second kappa shape index (κ2) is 6.04. The summed E-state index contributed by atoms with van der Waals surface area (Å²) in [5.74, 6) is 0.685. The van der Waals surface area contributed by atoms with Crippen LogP contribution in [-0.4, -0.2) is 69.3 Å².